The van der Waals surface area contributed by atoms with Gasteiger partial charge in [-0.1, -0.05) is 19.1 Å². The number of carbonyl (C=O) groups is 2. The fourth-order valence-corrected chi connectivity index (χ4v) is 3.43. The number of nitrogens with one attached hydrogen (secondary N) is 1. The van der Waals surface area contributed by atoms with Gasteiger partial charge in [-0.3, -0.25) is 9.59 Å². The number of ether oxygens (including phenoxy) is 2. The van der Waals surface area contributed by atoms with E-state index in [1.54, 1.807) is 31.3 Å². The van der Waals surface area contributed by atoms with Crippen LogP contribution in [-0.2, 0) is 16.0 Å². The second-order valence-electron chi connectivity index (χ2n) is 7.51. The average Bonchev–Trinajstić information content (AvgIpc) is 2.79. The van der Waals surface area contributed by atoms with Gasteiger partial charge >= 0.3 is 0 Å². The van der Waals surface area contributed by atoms with E-state index in [1.165, 1.54) is 6.08 Å². The average molecular weight is 424 g/mol. The molecule has 0 fully saturated rings. The Labute approximate surface area is 183 Å². The van der Waals surface area contributed by atoms with E-state index in [1.807, 2.05) is 38.1 Å². The number of aromatic nitrogens is 1. The summed E-state index contributed by atoms with van der Waals surface area (Å²) in [6.07, 6.45) is 6.91. The highest BCUT2D eigenvalue weighted by molar-refractivity contribution is 5.94. The number of carbonyl (C=O) groups excluding carboxylic acids is 2. The van der Waals surface area contributed by atoms with Crippen molar-refractivity contribution >= 4 is 23.7 Å². The minimum atomic E-state index is -0.212. The minimum Gasteiger partial charge on any atom is -0.493 e. The van der Waals surface area contributed by atoms with Crippen LogP contribution < -0.4 is 14.8 Å². The molecule has 3 rings (SSSR count). The molecular weight excluding hydrogens is 394 g/mol. The Morgan fingerprint density at radius 2 is 2.16 bits per heavy atom. The van der Waals surface area contributed by atoms with Gasteiger partial charge in [0.05, 0.1) is 19.8 Å². The summed E-state index contributed by atoms with van der Waals surface area (Å²) in [7, 11) is 3.37. The third-order valence-electron chi connectivity index (χ3n) is 5.34. The second kappa shape index (κ2) is 10.1. The summed E-state index contributed by atoms with van der Waals surface area (Å²) in [4.78, 5) is 30.3. The number of aryl methyl sites for hydroxylation is 1. The lowest BCUT2D eigenvalue weighted by Crippen LogP contribution is -2.28. The molecule has 2 heterocycles. The van der Waals surface area contributed by atoms with Gasteiger partial charge in [0.2, 0.25) is 11.8 Å². The first-order valence-electron chi connectivity index (χ1n) is 10.5. The Morgan fingerprint density at radius 1 is 1.35 bits per heavy atom. The molecule has 7 heteroatoms. The number of benzene rings is 1. The van der Waals surface area contributed by atoms with E-state index in [2.05, 4.69) is 10.3 Å². The Morgan fingerprint density at radius 3 is 2.90 bits per heavy atom. The standard InChI is InChI=1S/C24H29N3O4/c1-5-13-31-23-19(7-6-8-20(23)30-4)16(2)27(3)22(29)12-9-17-14-18-10-11-21(28)26-24(18)25-15-17/h6-9,12,14-16H,5,10-11,13H2,1-4H3,(H,25,26,28)/b12-9+. The lowest BCUT2D eigenvalue weighted by atomic mass is 10.0. The molecule has 0 radical (unpaired) electrons. The summed E-state index contributed by atoms with van der Waals surface area (Å²) in [5, 5.41) is 2.76. The summed E-state index contributed by atoms with van der Waals surface area (Å²) in [6, 6.07) is 7.45. The molecule has 0 spiro atoms. The van der Waals surface area contributed by atoms with Gasteiger partial charge < -0.3 is 19.7 Å². The van der Waals surface area contributed by atoms with E-state index in [-0.39, 0.29) is 17.9 Å². The molecule has 1 aliphatic heterocycles. The number of rotatable bonds is 8. The van der Waals surface area contributed by atoms with Gasteiger partial charge in [-0.15, -0.1) is 0 Å². The SMILES string of the molecule is CCCOc1c(OC)cccc1C(C)N(C)C(=O)/C=C/c1cnc2c(c1)CCC(=O)N2. The first kappa shape index (κ1) is 22.3. The van der Waals surface area contributed by atoms with E-state index in [0.29, 0.717) is 36.8 Å². The lowest BCUT2D eigenvalue weighted by molar-refractivity contribution is -0.126. The third-order valence-corrected chi connectivity index (χ3v) is 5.34. The first-order chi connectivity index (χ1) is 14.9. The number of para-hydroxylation sites is 1. The lowest BCUT2D eigenvalue weighted by Gasteiger charge is -2.26. The molecule has 1 aromatic carbocycles. The van der Waals surface area contributed by atoms with Crippen molar-refractivity contribution in [2.45, 2.75) is 39.2 Å². The van der Waals surface area contributed by atoms with Gasteiger partial charge in [0.25, 0.3) is 0 Å². The maximum absolute atomic E-state index is 12.8. The van der Waals surface area contributed by atoms with Crippen molar-refractivity contribution in [2.75, 3.05) is 26.1 Å². The van der Waals surface area contributed by atoms with Crippen molar-refractivity contribution in [1.29, 1.82) is 0 Å². The number of amides is 2. The van der Waals surface area contributed by atoms with E-state index in [0.717, 1.165) is 23.1 Å². The van der Waals surface area contributed by atoms with Gasteiger partial charge in [0.1, 0.15) is 5.82 Å². The maximum atomic E-state index is 12.8. The zero-order chi connectivity index (χ0) is 22.4. The van der Waals surface area contributed by atoms with Crippen LogP contribution in [0, 0.1) is 0 Å². The van der Waals surface area contributed by atoms with Crippen LogP contribution in [0.5, 0.6) is 11.5 Å². The number of hydrogen-bond acceptors (Lipinski definition) is 5. The molecular formula is C24H29N3O4. The largest absolute Gasteiger partial charge is 0.493 e. The zero-order valence-electron chi connectivity index (χ0n) is 18.5. The predicted molar refractivity (Wildman–Crippen MR) is 120 cm³/mol. The van der Waals surface area contributed by atoms with Crippen LogP contribution in [0.25, 0.3) is 6.08 Å². The van der Waals surface area contributed by atoms with Crippen molar-refractivity contribution < 1.29 is 19.1 Å². The van der Waals surface area contributed by atoms with E-state index >= 15 is 0 Å². The number of fused-ring (bicyclic) bond motifs is 1. The fraction of sp³-hybridized carbons (Fsp3) is 0.375. The molecule has 2 aromatic rings. The molecule has 1 N–H and O–H groups in total. The monoisotopic (exact) mass is 423 g/mol. The predicted octanol–water partition coefficient (Wildman–Crippen LogP) is 4.00. The fourth-order valence-electron chi connectivity index (χ4n) is 3.43. The molecule has 2 amide bonds. The Kier molecular flexibility index (Phi) is 7.28. The summed E-state index contributed by atoms with van der Waals surface area (Å²) >= 11 is 0. The van der Waals surface area contributed by atoms with Crippen LogP contribution in [0.3, 0.4) is 0 Å². The molecule has 164 valence electrons. The van der Waals surface area contributed by atoms with Crippen LogP contribution in [-0.4, -0.2) is 42.5 Å². The van der Waals surface area contributed by atoms with Crippen LogP contribution in [0.4, 0.5) is 5.82 Å². The zero-order valence-corrected chi connectivity index (χ0v) is 18.5. The molecule has 1 aromatic heterocycles. The van der Waals surface area contributed by atoms with Crippen LogP contribution in [0.15, 0.2) is 36.5 Å². The van der Waals surface area contributed by atoms with Gasteiger partial charge in [0.15, 0.2) is 11.5 Å². The molecule has 1 atom stereocenters. The van der Waals surface area contributed by atoms with Crippen molar-refractivity contribution in [3.63, 3.8) is 0 Å². The van der Waals surface area contributed by atoms with Gasteiger partial charge in [0, 0.05) is 31.3 Å². The van der Waals surface area contributed by atoms with Crippen molar-refractivity contribution in [1.82, 2.24) is 9.88 Å². The number of nitrogens with zero attached hydrogens (tertiary/aromatic N) is 2. The Bertz CT molecular complexity index is 987. The molecule has 0 saturated carbocycles. The number of hydrogen-bond donors (Lipinski definition) is 1. The third kappa shape index (κ3) is 5.23. The molecule has 0 aliphatic carbocycles. The quantitative estimate of drug-likeness (QED) is 0.649. The highest BCUT2D eigenvalue weighted by atomic mass is 16.5. The van der Waals surface area contributed by atoms with Crippen LogP contribution in [0.2, 0.25) is 0 Å². The van der Waals surface area contributed by atoms with Crippen molar-refractivity contribution in [3.8, 4) is 11.5 Å². The normalized spacial score (nSPS) is 14.0. The molecule has 0 saturated heterocycles. The smallest absolute Gasteiger partial charge is 0.246 e. The maximum Gasteiger partial charge on any atom is 0.246 e. The number of likely N-dealkylation sites (N-methyl/N-ethyl adjacent to an activating group) is 1. The summed E-state index contributed by atoms with van der Waals surface area (Å²) in [5.41, 5.74) is 2.69. The number of methoxy groups -OCH3 is 1. The second-order valence-corrected chi connectivity index (χ2v) is 7.51. The molecule has 7 nitrogen and oxygen atoms in total. The summed E-state index contributed by atoms with van der Waals surface area (Å²) in [5.74, 6) is 1.77. The highest BCUT2D eigenvalue weighted by Gasteiger charge is 2.22. The van der Waals surface area contributed by atoms with Crippen LogP contribution in [0.1, 0.15) is 49.4 Å². The first-order valence-corrected chi connectivity index (χ1v) is 10.5. The summed E-state index contributed by atoms with van der Waals surface area (Å²) in [6.45, 7) is 4.58. The van der Waals surface area contributed by atoms with E-state index in [4.69, 9.17) is 9.47 Å². The molecule has 1 unspecified atom stereocenters. The van der Waals surface area contributed by atoms with Gasteiger partial charge in [-0.05, 0) is 49.1 Å². The van der Waals surface area contributed by atoms with E-state index in [9.17, 15) is 9.59 Å². The topological polar surface area (TPSA) is 80.8 Å². The van der Waals surface area contributed by atoms with Crippen molar-refractivity contribution in [2.24, 2.45) is 0 Å². The summed E-state index contributed by atoms with van der Waals surface area (Å²) < 4.78 is 11.4. The molecule has 31 heavy (non-hydrogen) atoms. The van der Waals surface area contributed by atoms with Crippen molar-refractivity contribution in [3.05, 3.63) is 53.2 Å². The molecule has 0 bridgehead atoms. The van der Waals surface area contributed by atoms with Gasteiger partial charge in [-0.25, -0.2) is 4.98 Å². The Hall–Kier alpha value is -3.35. The molecule has 1 aliphatic rings. The number of pyridine rings is 1. The van der Waals surface area contributed by atoms with E-state index < -0.39 is 0 Å². The highest BCUT2D eigenvalue weighted by Crippen LogP contribution is 2.37. The number of anilines is 1. The minimum absolute atomic E-state index is 0.0195. The Balaban J connectivity index is 1.75. The van der Waals surface area contributed by atoms with Gasteiger partial charge in [-0.2, -0.15) is 0 Å². The van der Waals surface area contributed by atoms with Crippen LogP contribution >= 0.6 is 0 Å².